The molecular weight excluding hydrogens is 477 g/mol. The summed E-state index contributed by atoms with van der Waals surface area (Å²) in [6.45, 7) is 0.336. The first-order valence-electron chi connectivity index (χ1n) is 8.14. The van der Waals surface area contributed by atoms with Crippen molar-refractivity contribution in [3.63, 3.8) is 0 Å². The van der Waals surface area contributed by atoms with Crippen LogP contribution in [0, 0.1) is 0 Å². The Morgan fingerprint density at radius 3 is 1.89 bits per heavy atom. The number of nitrogens with one attached hydrogen (secondary N) is 1. The van der Waals surface area contributed by atoms with Crippen molar-refractivity contribution in [1.29, 1.82) is 0 Å². The van der Waals surface area contributed by atoms with Gasteiger partial charge in [-0.1, -0.05) is 0 Å². The zero-order valence-corrected chi connectivity index (χ0v) is 18.9. The van der Waals surface area contributed by atoms with Crippen molar-refractivity contribution in [2.75, 3.05) is 40.9 Å². The number of ether oxygens (including phenoxy) is 5. The highest BCUT2D eigenvalue weighted by Gasteiger charge is 2.13. The normalized spacial score (nSPS) is 10.5. The Balaban J connectivity index is 0.00000392. The van der Waals surface area contributed by atoms with Crippen molar-refractivity contribution in [2.45, 2.75) is 6.54 Å². The molecule has 28 heavy (non-hydrogen) atoms. The summed E-state index contributed by atoms with van der Waals surface area (Å²) in [6.07, 6.45) is 0. The first-order chi connectivity index (χ1) is 13.1. The number of aliphatic imine (C=N–C) groups is 1. The largest absolute Gasteiger partial charge is 0.493 e. The van der Waals surface area contributed by atoms with E-state index in [4.69, 9.17) is 29.4 Å². The van der Waals surface area contributed by atoms with Crippen LogP contribution >= 0.6 is 24.0 Å². The maximum Gasteiger partial charge on any atom is 0.203 e. The van der Waals surface area contributed by atoms with Crippen LogP contribution < -0.4 is 34.7 Å². The van der Waals surface area contributed by atoms with Gasteiger partial charge in [0.1, 0.15) is 0 Å². The summed E-state index contributed by atoms with van der Waals surface area (Å²) >= 11 is 0. The van der Waals surface area contributed by atoms with E-state index in [9.17, 15) is 0 Å². The van der Waals surface area contributed by atoms with Gasteiger partial charge in [0.2, 0.25) is 5.75 Å². The lowest BCUT2D eigenvalue weighted by Gasteiger charge is -2.14. The highest BCUT2D eigenvalue weighted by Crippen LogP contribution is 2.38. The Kier molecular flexibility index (Phi) is 9.49. The molecule has 8 nitrogen and oxygen atoms in total. The van der Waals surface area contributed by atoms with Crippen LogP contribution in [0.25, 0.3) is 0 Å². The molecule has 0 atom stereocenters. The number of hydrogen-bond acceptors (Lipinski definition) is 6. The van der Waals surface area contributed by atoms with Gasteiger partial charge in [-0.15, -0.1) is 24.0 Å². The number of nitrogens with zero attached hydrogens (tertiary/aromatic N) is 1. The first-order valence-corrected chi connectivity index (χ1v) is 8.14. The molecule has 0 bridgehead atoms. The second kappa shape index (κ2) is 11.3. The van der Waals surface area contributed by atoms with Gasteiger partial charge in [0.05, 0.1) is 42.1 Å². The van der Waals surface area contributed by atoms with Gasteiger partial charge in [-0.2, -0.15) is 0 Å². The maximum atomic E-state index is 5.99. The second-order valence-electron chi connectivity index (χ2n) is 5.43. The minimum atomic E-state index is 0. The van der Waals surface area contributed by atoms with Crippen LogP contribution in [-0.4, -0.2) is 41.5 Å². The van der Waals surface area contributed by atoms with Gasteiger partial charge in [-0.3, -0.25) is 0 Å². The molecule has 3 N–H and O–H groups in total. The van der Waals surface area contributed by atoms with Crippen molar-refractivity contribution in [3.05, 3.63) is 35.9 Å². The minimum Gasteiger partial charge on any atom is -0.493 e. The minimum absolute atomic E-state index is 0. The summed E-state index contributed by atoms with van der Waals surface area (Å²) in [6, 6.07) is 9.04. The SMILES string of the molecule is COc1ccc(NC(N)=NCc2cc(OC)c(OC)c(OC)c2)cc1OC.I. The molecule has 0 aliphatic carbocycles. The summed E-state index contributed by atoms with van der Waals surface area (Å²) in [4.78, 5) is 4.35. The Morgan fingerprint density at radius 1 is 0.821 bits per heavy atom. The molecule has 0 aromatic heterocycles. The van der Waals surface area contributed by atoms with Crippen molar-refractivity contribution in [3.8, 4) is 28.7 Å². The van der Waals surface area contributed by atoms with E-state index in [1.54, 1.807) is 47.7 Å². The predicted molar refractivity (Wildman–Crippen MR) is 120 cm³/mol. The molecule has 0 spiro atoms. The van der Waals surface area contributed by atoms with Gasteiger partial charge in [-0.05, 0) is 29.8 Å². The van der Waals surface area contributed by atoms with Crippen LogP contribution in [0.3, 0.4) is 0 Å². The van der Waals surface area contributed by atoms with Crippen LogP contribution in [0.15, 0.2) is 35.3 Å². The van der Waals surface area contributed by atoms with Crippen molar-refractivity contribution in [1.82, 2.24) is 0 Å². The molecule has 0 saturated carbocycles. The summed E-state index contributed by atoms with van der Waals surface area (Å²) < 4.78 is 26.5. The summed E-state index contributed by atoms with van der Waals surface area (Å²) in [5.74, 6) is 3.15. The van der Waals surface area contributed by atoms with Gasteiger partial charge in [0.15, 0.2) is 29.0 Å². The third-order valence-electron chi connectivity index (χ3n) is 3.81. The number of methoxy groups -OCH3 is 5. The van der Waals surface area contributed by atoms with Gasteiger partial charge < -0.3 is 34.7 Å². The number of benzene rings is 2. The lowest BCUT2D eigenvalue weighted by atomic mass is 10.2. The van der Waals surface area contributed by atoms with Crippen LogP contribution in [-0.2, 0) is 6.54 Å². The number of halogens is 1. The third-order valence-corrected chi connectivity index (χ3v) is 3.81. The molecule has 0 aliphatic rings. The number of anilines is 1. The number of guanidine groups is 1. The van der Waals surface area contributed by atoms with Gasteiger partial charge in [-0.25, -0.2) is 4.99 Å². The fraction of sp³-hybridized carbons (Fsp3) is 0.316. The molecule has 0 fully saturated rings. The number of nitrogens with two attached hydrogens (primary N) is 1. The third kappa shape index (κ3) is 5.72. The monoisotopic (exact) mass is 503 g/mol. The van der Waals surface area contributed by atoms with Crippen LogP contribution in [0.4, 0.5) is 5.69 Å². The standard InChI is InChI=1S/C19H25N3O5.HI/c1-23-14-7-6-13(10-15(14)24-2)22-19(20)21-11-12-8-16(25-3)18(27-5)17(9-12)26-4;/h6-10H,11H2,1-5H3,(H3,20,21,22);1H. The molecule has 0 aliphatic heterocycles. The summed E-state index contributed by atoms with van der Waals surface area (Å²) in [5.41, 5.74) is 7.59. The molecule has 2 aromatic carbocycles. The van der Waals surface area contributed by atoms with Crippen molar-refractivity contribution in [2.24, 2.45) is 10.7 Å². The zero-order valence-electron chi connectivity index (χ0n) is 16.6. The summed E-state index contributed by atoms with van der Waals surface area (Å²) in [5, 5.41) is 3.02. The molecule has 0 radical (unpaired) electrons. The van der Waals surface area contributed by atoms with E-state index in [1.165, 1.54) is 0 Å². The molecule has 9 heteroatoms. The van der Waals surface area contributed by atoms with E-state index >= 15 is 0 Å². The maximum absolute atomic E-state index is 5.99. The fourth-order valence-corrected chi connectivity index (χ4v) is 2.50. The molecule has 0 saturated heterocycles. The topological polar surface area (TPSA) is 96.6 Å². The van der Waals surface area contributed by atoms with Crippen LogP contribution in [0.1, 0.15) is 5.56 Å². The van der Waals surface area contributed by atoms with E-state index in [1.807, 2.05) is 18.2 Å². The zero-order chi connectivity index (χ0) is 19.8. The van der Waals surface area contributed by atoms with Gasteiger partial charge in [0, 0.05) is 11.8 Å². The molecule has 0 amide bonds. The highest BCUT2D eigenvalue weighted by atomic mass is 127. The molecular formula is C19H26IN3O5. The molecule has 2 rings (SSSR count). The average Bonchev–Trinajstić information content (AvgIpc) is 2.71. The number of rotatable bonds is 8. The lowest BCUT2D eigenvalue weighted by Crippen LogP contribution is -2.22. The lowest BCUT2D eigenvalue weighted by molar-refractivity contribution is 0.324. The van der Waals surface area contributed by atoms with Crippen LogP contribution in [0.2, 0.25) is 0 Å². The second-order valence-corrected chi connectivity index (χ2v) is 5.43. The average molecular weight is 503 g/mol. The fourth-order valence-electron chi connectivity index (χ4n) is 2.50. The Labute approximate surface area is 182 Å². The highest BCUT2D eigenvalue weighted by molar-refractivity contribution is 14.0. The molecule has 2 aromatic rings. The van der Waals surface area contributed by atoms with Gasteiger partial charge in [0.25, 0.3) is 0 Å². The molecule has 0 unspecified atom stereocenters. The Bertz CT molecular complexity index is 789. The van der Waals surface area contributed by atoms with E-state index in [-0.39, 0.29) is 29.9 Å². The van der Waals surface area contributed by atoms with E-state index in [0.29, 0.717) is 35.3 Å². The first kappa shape index (κ1) is 23.5. The predicted octanol–water partition coefficient (Wildman–Crippen LogP) is 3.27. The summed E-state index contributed by atoms with van der Waals surface area (Å²) in [7, 11) is 7.85. The quantitative estimate of drug-likeness (QED) is 0.324. The van der Waals surface area contributed by atoms with E-state index < -0.39 is 0 Å². The van der Waals surface area contributed by atoms with Gasteiger partial charge >= 0.3 is 0 Å². The Hall–Kier alpha value is -2.56. The molecule has 0 heterocycles. The van der Waals surface area contributed by atoms with E-state index in [0.717, 1.165) is 11.3 Å². The smallest absolute Gasteiger partial charge is 0.203 e. The van der Waals surface area contributed by atoms with E-state index in [2.05, 4.69) is 10.3 Å². The van der Waals surface area contributed by atoms with Crippen molar-refractivity contribution < 1.29 is 23.7 Å². The van der Waals surface area contributed by atoms with Crippen molar-refractivity contribution >= 4 is 35.6 Å². The number of hydrogen-bond donors (Lipinski definition) is 2. The van der Waals surface area contributed by atoms with Crippen LogP contribution in [0.5, 0.6) is 28.7 Å². The Morgan fingerprint density at radius 2 is 1.39 bits per heavy atom. The molecule has 154 valence electrons.